The molecule has 0 aliphatic heterocycles. The Morgan fingerprint density at radius 2 is 1.91 bits per heavy atom. The van der Waals surface area contributed by atoms with Gasteiger partial charge in [0.25, 0.3) is 11.6 Å². The fraction of sp³-hybridized carbons (Fsp3) is 0.235. The van der Waals surface area contributed by atoms with Crippen molar-refractivity contribution < 1.29 is 9.72 Å². The molecule has 0 aliphatic rings. The summed E-state index contributed by atoms with van der Waals surface area (Å²) in [6.07, 6.45) is 1.04. The SMILES string of the molecule is CC[C@H](C)c1ccc(NC(=O)c2cc([N+](=O)[O-])ccc2Cl)cc1. The average molecular weight is 333 g/mol. The third kappa shape index (κ3) is 4.07. The lowest BCUT2D eigenvalue weighted by atomic mass is 9.98. The van der Waals surface area contributed by atoms with Crippen LogP contribution in [0.2, 0.25) is 5.02 Å². The lowest BCUT2D eigenvalue weighted by Crippen LogP contribution is -2.13. The zero-order valence-corrected chi connectivity index (χ0v) is 13.6. The van der Waals surface area contributed by atoms with E-state index < -0.39 is 10.8 Å². The number of halogens is 1. The molecule has 5 nitrogen and oxygen atoms in total. The predicted molar refractivity (Wildman–Crippen MR) is 91.2 cm³/mol. The summed E-state index contributed by atoms with van der Waals surface area (Å²) in [6.45, 7) is 4.25. The standard InChI is InChI=1S/C17H17ClN2O3/c1-3-11(2)12-4-6-13(7-5-12)19-17(21)15-10-14(20(22)23)8-9-16(15)18/h4-11H,3H2,1-2H3,(H,19,21)/t11-/m0/s1. The molecule has 0 saturated carbocycles. The van der Waals surface area contributed by atoms with Crippen molar-refractivity contribution in [2.24, 2.45) is 0 Å². The number of rotatable bonds is 5. The number of non-ortho nitro benzene ring substituents is 1. The highest BCUT2D eigenvalue weighted by molar-refractivity contribution is 6.34. The molecule has 0 spiro atoms. The number of amides is 1. The maximum Gasteiger partial charge on any atom is 0.270 e. The van der Waals surface area contributed by atoms with E-state index in [1.807, 2.05) is 24.3 Å². The van der Waals surface area contributed by atoms with Gasteiger partial charge in [0.15, 0.2) is 0 Å². The lowest BCUT2D eigenvalue weighted by molar-refractivity contribution is -0.384. The monoisotopic (exact) mass is 332 g/mol. The topological polar surface area (TPSA) is 72.2 Å². The van der Waals surface area contributed by atoms with Crippen LogP contribution in [-0.2, 0) is 0 Å². The molecule has 0 aliphatic carbocycles. The van der Waals surface area contributed by atoms with Gasteiger partial charge in [-0.2, -0.15) is 0 Å². The molecule has 120 valence electrons. The minimum Gasteiger partial charge on any atom is -0.322 e. The number of anilines is 1. The largest absolute Gasteiger partial charge is 0.322 e. The van der Waals surface area contributed by atoms with Gasteiger partial charge in [-0.1, -0.05) is 37.6 Å². The van der Waals surface area contributed by atoms with Gasteiger partial charge in [0.2, 0.25) is 0 Å². The normalized spacial score (nSPS) is 11.8. The van der Waals surface area contributed by atoms with E-state index in [1.165, 1.54) is 23.8 Å². The lowest BCUT2D eigenvalue weighted by Gasteiger charge is -2.11. The van der Waals surface area contributed by atoms with Gasteiger partial charge in [-0.15, -0.1) is 0 Å². The Balaban J connectivity index is 2.19. The van der Waals surface area contributed by atoms with Gasteiger partial charge in [-0.05, 0) is 36.1 Å². The van der Waals surface area contributed by atoms with Gasteiger partial charge in [0, 0.05) is 17.8 Å². The van der Waals surface area contributed by atoms with Crippen molar-refractivity contribution in [1.29, 1.82) is 0 Å². The maximum atomic E-state index is 12.3. The maximum absolute atomic E-state index is 12.3. The second kappa shape index (κ2) is 7.24. The van der Waals surface area contributed by atoms with E-state index in [0.29, 0.717) is 11.6 Å². The molecule has 23 heavy (non-hydrogen) atoms. The number of hydrogen-bond donors (Lipinski definition) is 1. The molecule has 1 atom stereocenters. The van der Waals surface area contributed by atoms with E-state index in [2.05, 4.69) is 19.2 Å². The minimum atomic E-state index is -0.561. The average Bonchev–Trinajstić information content (AvgIpc) is 2.54. The van der Waals surface area contributed by atoms with Crippen molar-refractivity contribution in [3.63, 3.8) is 0 Å². The smallest absolute Gasteiger partial charge is 0.270 e. The highest BCUT2D eigenvalue weighted by atomic mass is 35.5. The molecule has 1 amide bonds. The quantitative estimate of drug-likeness (QED) is 0.617. The summed E-state index contributed by atoms with van der Waals surface area (Å²) in [4.78, 5) is 22.5. The molecule has 0 heterocycles. The Kier molecular flexibility index (Phi) is 5.34. The molecular formula is C17H17ClN2O3. The van der Waals surface area contributed by atoms with Crippen molar-refractivity contribution in [2.75, 3.05) is 5.32 Å². The third-order valence-electron chi connectivity index (χ3n) is 3.76. The molecule has 0 unspecified atom stereocenters. The van der Waals surface area contributed by atoms with E-state index in [-0.39, 0.29) is 16.3 Å². The fourth-order valence-corrected chi connectivity index (χ4v) is 2.33. The van der Waals surface area contributed by atoms with Crippen molar-refractivity contribution >= 4 is 28.9 Å². The Hall–Kier alpha value is -2.40. The van der Waals surface area contributed by atoms with E-state index in [0.717, 1.165) is 6.42 Å². The number of carbonyl (C=O) groups is 1. The van der Waals surface area contributed by atoms with Gasteiger partial charge < -0.3 is 5.32 Å². The number of nitrogens with one attached hydrogen (secondary N) is 1. The number of nitrogens with zero attached hydrogens (tertiary/aromatic N) is 1. The Labute approximate surface area is 139 Å². The Morgan fingerprint density at radius 3 is 2.48 bits per heavy atom. The van der Waals surface area contributed by atoms with E-state index in [9.17, 15) is 14.9 Å². The molecule has 6 heteroatoms. The molecule has 0 radical (unpaired) electrons. The van der Waals surface area contributed by atoms with Gasteiger partial charge in [-0.25, -0.2) is 0 Å². The summed E-state index contributed by atoms with van der Waals surface area (Å²) in [6, 6.07) is 11.3. The predicted octanol–water partition coefficient (Wildman–Crippen LogP) is 5.01. The van der Waals surface area contributed by atoms with Crippen molar-refractivity contribution in [1.82, 2.24) is 0 Å². The van der Waals surface area contributed by atoms with Crippen LogP contribution in [0.4, 0.5) is 11.4 Å². The van der Waals surface area contributed by atoms with Crippen LogP contribution in [0.25, 0.3) is 0 Å². The second-order valence-electron chi connectivity index (χ2n) is 5.31. The molecule has 2 aromatic rings. The summed E-state index contributed by atoms with van der Waals surface area (Å²) < 4.78 is 0. The molecule has 0 aromatic heterocycles. The van der Waals surface area contributed by atoms with Gasteiger partial charge in [-0.3, -0.25) is 14.9 Å². The molecule has 0 saturated heterocycles. The summed E-state index contributed by atoms with van der Waals surface area (Å²) in [7, 11) is 0. The first kappa shape index (κ1) is 17.0. The van der Waals surface area contributed by atoms with Crippen LogP contribution in [0, 0.1) is 10.1 Å². The van der Waals surface area contributed by atoms with E-state index in [4.69, 9.17) is 11.6 Å². The zero-order valence-electron chi connectivity index (χ0n) is 12.9. The van der Waals surface area contributed by atoms with Crippen LogP contribution in [0.5, 0.6) is 0 Å². The van der Waals surface area contributed by atoms with Crippen molar-refractivity contribution in [2.45, 2.75) is 26.2 Å². The van der Waals surface area contributed by atoms with Crippen LogP contribution >= 0.6 is 11.6 Å². The molecular weight excluding hydrogens is 316 g/mol. The van der Waals surface area contributed by atoms with E-state index in [1.54, 1.807) is 0 Å². The van der Waals surface area contributed by atoms with Gasteiger partial charge >= 0.3 is 0 Å². The molecule has 0 fully saturated rings. The summed E-state index contributed by atoms with van der Waals surface area (Å²) in [5.74, 6) is -0.0269. The molecule has 1 N–H and O–H groups in total. The third-order valence-corrected chi connectivity index (χ3v) is 4.08. The van der Waals surface area contributed by atoms with Gasteiger partial charge in [0.05, 0.1) is 15.5 Å². The molecule has 2 rings (SSSR count). The number of nitro benzene ring substituents is 1. The van der Waals surface area contributed by atoms with E-state index >= 15 is 0 Å². The molecule has 2 aromatic carbocycles. The second-order valence-corrected chi connectivity index (χ2v) is 5.71. The summed E-state index contributed by atoms with van der Waals surface area (Å²) >= 11 is 5.96. The minimum absolute atomic E-state index is 0.0758. The van der Waals surface area contributed by atoms with Crippen LogP contribution in [0.15, 0.2) is 42.5 Å². The number of carbonyl (C=O) groups excluding carboxylic acids is 1. The first-order valence-electron chi connectivity index (χ1n) is 7.27. The van der Waals surface area contributed by atoms with Crippen LogP contribution in [-0.4, -0.2) is 10.8 Å². The molecule has 0 bridgehead atoms. The van der Waals surface area contributed by atoms with Crippen molar-refractivity contribution in [3.8, 4) is 0 Å². The highest BCUT2D eigenvalue weighted by Gasteiger charge is 2.16. The number of hydrogen-bond acceptors (Lipinski definition) is 3. The first-order valence-corrected chi connectivity index (χ1v) is 7.65. The summed E-state index contributed by atoms with van der Waals surface area (Å²) in [5, 5.41) is 13.7. The number of benzene rings is 2. The van der Waals surface area contributed by atoms with Gasteiger partial charge in [0.1, 0.15) is 0 Å². The number of nitro groups is 1. The highest BCUT2D eigenvalue weighted by Crippen LogP contribution is 2.24. The Bertz CT molecular complexity index is 729. The Morgan fingerprint density at radius 1 is 1.26 bits per heavy atom. The van der Waals surface area contributed by atoms with Crippen LogP contribution < -0.4 is 5.32 Å². The zero-order chi connectivity index (χ0) is 17.0. The van der Waals surface area contributed by atoms with Crippen molar-refractivity contribution in [3.05, 3.63) is 68.7 Å². The summed E-state index contributed by atoms with van der Waals surface area (Å²) in [5.41, 5.74) is 1.71. The van der Waals surface area contributed by atoms with Crippen LogP contribution in [0.3, 0.4) is 0 Å². The first-order chi connectivity index (χ1) is 10.9. The van der Waals surface area contributed by atoms with Crippen LogP contribution in [0.1, 0.15) is 42.1 Å². The fourth-order valence-electron chi connectivity index (χ4n) is 2.13.